The lowest BCUT2D eigenvalue weighted by Crippen LogP contribution is -2.47. The number of amides is 2. The fraction of sp³-hybridized carbons (Fsp3) is 0.238. The lowest BCUT2D eigenvalue weighted by Gasteiger charge is -2.25. The highest BCUT2D eigenvalue weighted by Gasteiger charge is 2.25. The van der Waals surface area contributed by atoms with Crippen molar-refractivity contribution in [3.05, 3.63) is 65.7 Å². The number of carbonyl (C=O) groups is 2. The Morgan fingerprint density at radius 1 is 1.18 bits per heavy atom. The SMILES string of the molecule is C[C@H](C(=O)NC/C=C/c1ccc2c(c1)OCO2)N(Cc1ccccc1)C(=O)O. The van der Waals surface area contributed by atoms with Crippen LogP contribution in [0, 0.1) is 0 Å². The van der Waals surface area contributed by atoms with Crippen LogP contribution >= 0.6 is 0 Å². The Hall–Kier alpha value is -3.48. The quantitative estimate of drug-likeness (QED) is 0.768. The van der Waals surface area contributed by atoms with Crippen molar-refractivity contribution in [3.8, 4) is 11.5 Å². The third-order valence-corrected chi connectivity index (χ3v) is 4.39. The maximum absolute atomic E-state index is 12.4. The molecule has 2 aromatic rings. The molecule has 0 fully saturated rings. The van der Waals surface area contributed by atoms with Gasteiger partial charge < -0.3 is 19.9 Å². The van der Waals surface area contributed by atoms with Crippen LogP contribution in [0.5, 0.6) is 11.5 Å². The summed E-state index contributed by atoms with van der Waals surface area (Å²) < 4.78 is 10.6. The van der Waals surface area contributed by atoms with Crippen molar-refractivity contribution < 1.29 is 24.2 Å². The molecule has 7 heteroatoms. The highest BCUT2D eigenvalue weighted by atomic mass is 16.7. The average molecular weight is 382 g/mol. The van der Waals surface area contributed by atoms with Gasteiger partial charge in [-0.05, 0) is 30.2 Å². The molecule has 7 nitrogen and oxygen atoms in total. The Labute approximate surface area is 163 Å². The van der Waals surface area contributed by atoms with Crippen LogP contribution in [0.4, 0.5) is 4.79 Å². The Bertz CT molecular complexity index is 866. The molecule has 1 aliphatic rings. The van der Waals surface area contributed by atoms with E-state index in [1.54, 1.807) is 13.0 Å². The van der Waals surface area contributed by atoms with Gasteiger partial charge >= 0.3 is 6.09 Å². The van der Waals surface area contributed by atoms with Crippen LogP contribution in [0.3, 0.4) is 0 Å². The first-order valence-electron chi connectivity index (χ1n) is 8.92. The predicted molar refractivity (Wildman–Crippen MR) is 104 cm³/mol. The van der Waals surface area contributed by atoms with Gasteiger partial charge in [0.2, 0.25) is 12.7 Å². The Morgan fingerprint density at radius 3 is 2.68 bits per heavy atom. The minimum atomic E-state index is -1.14. The fourth-order valence-electron chi connectivity index (χ4n) is 2.81. The molecule has 0 saturated heterocycles. The summed E-state index contributed by atoms with van der Waals surface area (Å²) in [7, 11) is 0. The van der Waals surface area contributed by atoms with Crippen LogP contribution in [-0.2, 0) is 11.3 Å². The zero-order valence-corrected chi connectivity index (χ0v) is 15.5. The molecule has 146 valence electrons. The first-order valence-corrected chi connectivity index (χ1v) is 8.92. The first kappa shape index (κ1) is 19.3. The molecule has 0 bridgehead atoms. The second-order valence-corrected chi connectivity index (χ2v) is 6.33. The molecule has 2 aromatic carbocycles. The molecule has 1 heterocycles. The molecule has 0 radical (unpaired) electrons. The number of benzene rings is 2. The maximum Gasteiger partial charge on any atom is 0.408 e. The van der Waals surface area contributed by atoms with Gasteiger partial charge in [-0.25, -0.2) is 4.79 Å². The zero-order chi connectivity index (χ0) is 19.9. The second kappa shape index (κ2) is 8.94. The summed E-state index contributed by atoms with van der Waals surface area (Å²) in [4.78, 5) is 25.0. The molecule has 2 amide bonds. The smallest absolute Gasteiger partial charge is 0.408 e. The summed E-state index contributed by atoms with van der Waals surface area (Å²) in [5.41, 5.74) is 1.75. The molecule has 0 aromatic heterocycles. The van der Waals surface area contributed by atoms with Gasteiger partial charge in [-0.15, -0.1) is 0 Å². The largest absolute Gasteiger partial charge is 0.465 e. The van der Waals surface area contributed by atoms with E-state index in [2.05, 4.69) is 5.32 Å². The molecule has 3 rings (SSSR count). The van der Waals surface area contributed by atoms with E-state index in [0.29, 0.717) is 11.5 Å². The number of nitrogens with zero attached hydrogens (tertiary/aromatic N) is 1. The van der Waals surface area contributed by atoms with Crippen molar-refractivity contribution >= 4 is 18.1 Å². The molecule has 1 atom stereocenters. The minimum absolute atomic E-state index is 0.151. The van der Waals surface area contributed by atoms with Gasteiger partial charge in [0.05, 0.1) is 0 Å². The van der Waals surface area contributed by atoms with E-state index >= 15 is 0 Å². The Morgan fingerprint density at radius 2 is 1.93 bits per heavy atom. The van der Waals surface area contributed by atoms with E-state index in [1.165, 1.54) is 0 Å². The number of nitrogens with one attached hydrogen (secondary N) is 1. The van der Waals surface area contributed by atoms with E-state index in [1.807, 2.05) is 54.6 Å². The van der Waals surface area contributed by atoms with Crippen LogP contribution in [-0.4, -0.2) is 41.4 Å². The maximum atomic E-state index is 12.4. The van der Waals surface area contributed by atoms with E-state index < -0.39 is 12.1 Å². The van der Waals surface area contributed by atoms with Crippen LogP contribution in [0.25, 0.3) is 6.08 Å². The van der Waals surface area contributed by atoms with Crippen LogP contribution in [0.15, 0.2) is 54.6 Å². The van der Waals surface area contributed by atoms with E-state index in [-0.39, 0.29) is 25.8 Å². The monoisotopic (exact) mass is 382 g/mol. The Kier molecular flexibility index (Phi) is 6.16. The van der Waals surface area contributed by atoms with Crippen molar-refractivity contribution in [2.75, 3.05) is 13.3 Å². The standard InChI is InChI=1S/C21H22N2O5/c1-15(23(21(25)26)13-17-6-3-2-4-7-17)20(24)22-11-5-8-16-9-10-18-19(12-16)28-14-27-18/h2-10,12,15H,11,13-14H2,1H3,(H,22,24)(H,25,26)/b8-5+/t15-/m1/s1. The first-order chi connectivity index (χ1) is 13.5. The molecular formula is C21H22N2O5. The van der Waals surface area contributed by atoms with Crippen molar-refractivity contribution in [1.29, 1.82) is 0 Å². The van der Waals surface area contributed by atoms with Gasteiger partial charge in [-0.3, -0.25) is 9.69 Å². The lowest BCUT2D eigenvalue weighted by molar-refractivity contribution is -0.125. The van der Waals surface area contributed by atoms with Gasteiger partial charge in [-0.1, -0.05) is 48.6 Å². The summed E-state index contributed by atoms with van der Waals surface area (Å²) in [6.45, 7) is 2.24. The van der Waals surface area contributed by atoms with Crippen molar-refractivity contribution in [3.63, 3.8) is 0 Å². The summed E-state index contributed by atoms with van der Waals surface area (Å²) in [6, 6.07) is 14.0. The molecular weight excluding hydrogens is 360 g/mol. The minimum Gasteiger partial charge on any atom is -0.465 e. The fourth-order valence-corrected chi connectivity index (χ4v) is 2.81. The summed E-state index contributed by atoms with van der Waals surface area (Å²) in [5, 5.41) is 12.2. The summed E-state index contributed by atoms with van der Waals surface area (Å²) >= 11 is 0. The predicted octanol–water partition coefficient (Wildman–Crippen LogP) is 3.11. The summed E-state index contributed by atoms with van der Waals surface area (Å²) in [5.74, 6) is 1.05. The van der Waals surface area contributed by atoms with E-state index in [0.717, 1.165) is 16.0 Å². The number of rotatable bonds is 7. The third-order valence-electron chi connectivity index (χ3n) is 4.39. The van der Waals surface area contributed by atoms with Crippen LogP contribution < -0.4 is 14.8 Å². The molecule has 0 aliphatic carbocycles. The molecule has 28 heavy (non-hydrogen) atoms. The van der Waals surface area contributed by atoms with Crippen LogP contribution in [0.1, 0.15) is 18.1 Å². The molecule has 1 aliphatic heterocycles. The van der Waals surface area contributed by atoms with E-state index in [9.17, 15) is 14.7 Å². The van der Waals surface area contributed by atoms with Gasteiger partial charge in [-0.2, -0.15) is 0 Å². The molecule has 0 unspecified atom stereocenters. The number of fused-ring (bicyclic) bond motifs is 1. The van der Waals surface area contributed by atoms with E-state index in [4.69, 9.17) is 9.47 Å². The summed E-state index contributed by atoms with van der Waals surface area (Å²) in [6.07, 6.45) is 2.51. The molecule has 0 saturated carbocycles. The van der Waals surface area contributed by atoms with Gasteiger partial charge in [0, 0.05) is 13.1 Å². The van der Waals surface area contributed by atoms with Crippen LogP contribution in [0.2, 0.25) is 0 Å². The normalized spacial score (nSPS) is 13.3. The van der Waals surface area contributed by atoms with Crippen molar-refractivity contribution in [1.82, 2.24) is 10.2 Å². The lowest BCUT2D eigenvalue weighted by atomic mass is 10.2. The van der Waals surface area contributed by atoms with Gasteiger partial charge in [0.25, 0.3) is 0 Å². The zero-order valence-electron chi connectivity index (χ0n) is 15.5. The highest BCUT2D eigenvalue weighted by molar-refractivity contribution is 5.85. The average Bonchev–Trinajstić information content (AvgIpc) is 3.17. The van der Waals surface area contributed by atoms with Gasteiger partial charge in [0.1, 0.15) is 6.04 Å². The number of hydrogen-bond acceptors (Lipinski definition) is 4. The number of carbonyl (C=O) groups excluding carboxylic acids is 1. The topological polar surface area (TPSA) is 88.1 Å². The molecule has 2 N–H and O–H groups in total. The number of ether oxygens (including phenoxy) is 2. The number of hydrogen-bond donors (Lipinski definition) is 2. The van der Waals surface area contributed by atoms with Crippen molar-refractivity contribution in [2.24, 2.45) is 0 Å². The van der Waals surface area contributed by atoms with Crippen molar-refractivity contribution in [2.45, 2.75) is 19.5 Å². The second-order valence-electron chi connectivity index (χ2n) is 6.33. The Balaban J connectivity index is 1.53. The number of carboxylic acid groups (broad SMARTS) is 1. The third kappa shape index (κ3) is 4.82. The van der Waals surface area contributed by atoms with Gasteiger partial charge in [0.15, 0.2) is 11.5 Å². The molecule has 0 spiro atoms. The highest BCUT2D eigenvalue weighted by Crippen LogP contribution is 2.32.